The third-order valence-corrected chi connectivity index (χ3v) is 5.15. The standard InChI is InChI=1S/C21H21N5O3/c1-11(20(27)23-2)9-26-10-15-13(5-6-16(22)18(15)21(26)28)19-14-8-12(29-3)4-7-17(14)24-25-19/h4-8H,1,9-10,22H2,2-3H3,(H,23,27)(H,24,25). The number of aromatic nitrogens is 2. The molecule has 148 valence electrons. The molecule has 1 aliphatic heterocycles. The van der Waals surface area contributed by atoms with Crippen molar-refractivity contribution < 1.29 is 14.3 Å². The van der Waals surface area contributed by atoms with E-state index in [1.54, 1.807) is 18.1 Å². The Kier molecular flexibility index (Phi) is 4.46. The van der Waals surface area contributed by atoms with Crippen LogP contribution in [0.4, 0.5) is 5.69 Å². The maximum atomic E-state index is 13.0. The highest BCUT2D eigenvalue weighted by molar-refractivity contribution is 6.07. The van der Waals surface area contributed by atoms with Crippen LogP contribution in [0.1, 0.15) is 15.9 Å². The van der Waals surface area contributed by atoms with Crippen LogP contribution in [0, 0.1) is 0 Å². The first-order valence-electron chi connectivity index (χ1n) is 9.07. The Morgan fingerprint density at radius 1 is 1.38 bits per heavy atom. The Morgan fingerprint density at radius 3 is 2.90 bits per heavy atom. The van der Waals surface area contributed by atoms with Crippen molar-refractivity contribution in [2.24, 2.45) is 0 Å². The van der Waals surface area contributed by atoms with E-state index in [1.807, 2.05) is 24.3 Å². The molecule has 1 aliphatic rings. The molecule has 4 rings (SSSR count). The molecule has 0 fully saturated rings. The van der Waals surface area contributed by atoms with E-state index in [4.69, 9.17) is 10.5 Å². The van der Waals surface area contributed by atoms with Crippen LogP contribution in [0.25, 0.3) is 22.2 Å². The summed E-state index contributed by atoms with van der Waals surface area (Å²) in [4.78, 5) is 26.3. The third-order valence-electron chi connectivity index (χ3n) is 5.15. The molecule has 8 nitrogen and oxygen atoms in total. The molecule has 2 heterocycles. The van der Waals surface area contributed by atoms with E-state index in [0.717, 1.165) is 27.7 Å². The van der Waals surface area contributed by atoms with Gasteiger partial charge in [-0.1, -0.05) is 12.6 Å². The Balaban J connectivity index is 1.78. The second-order valence-electron chi connectivity index (χ2n) is 6.88. The molecule has 29 heavy (non-hydrogen) atoms. The Labute approximate surface area is 167 Å². The Hall–Kier alpha value is -3.81. The summed E-state index contributed by atoms with van der Waals surface area (Å²) in [7, 11) is 3.14. The van der Waals surface area contributed by atoms with Crippen LogP contribution in [0.3, 0.4) is 0 Å². The average Bonchev–Trinajstić information content (AvgIpc) is 3.29. The highest BCUT2D eigenvalue weighted by atomic mass is 16.5. The van der Waals surface area contributed by atoms with Crippen molar-refractivity contribution in [3.8, 4) is 17.0 Å². The number of aromatic amines is 1. The minimum atomic E-state index is -0.299. The minimum absolute atomic E-state index is 0.126. The number of carbonyl (C=O) groups excluding carboxylic acids is 2. The Bertz CT molecular complexity index is 1160. The highest BCUT2D eigenvalue weighted by Crippen LogP contribution is 2.38. The van der Waals surface area contributed by atoms with Gasteiger partial charge in [-0.25, -0.2) is 0 Å². The number of anilines is 1. The largest absolute Gasteiger partial charge is 0.497 e. The number of rotatable bonds is 5. The van der Waals surface area contributed by atoms with Crippen LogP contribution >= 0.6 is 0 Å². The van der Waals surface area contributed by atoms with Gasteiger partial charge in [-0.15, -0.1) is 0 Å². The molecular formula is C21H21N5O3. The summed E-state index contributed by atoms with van der Waals surface area (Å²) in [6.07, 6.45) is 0. The number of methoxy groups -OCH3 is 1. The number of ether oxygens (including phenoxy) is 1. The van der Waals surface area contributed by atoms with Crippen molar-refractivity contribution in [1.29, 1.82) is 0 Å². The summed E-state index contributed by atoms with van der Waals surface area (Å²) < 4.78 is 5.33. The molecule has 8 heteroatoms. The van der Waals surface area contributed by atoms with Crippen molar-refractivity contribution in [2.45, 2.75) is 6.54 Å². The molecule has 0 bridgehead atoms. The van der Waals surface area contributed by atoms with Crippen LogP contribution in [-0.4, -0.2) is 47.6 Å². The number of nitrogen functional groups attached to an aromatic ring is 1. The number of hydrogen-bond donors (Lipinski definition) is 3. The van der Waals surface area contributed by atoms with Gasteiger partial charge in [0.1, 0.15) is 11.4 Å². The van der Waals surface area contributed by atoms with Gasteiger partial charge in [-0.2, -0.15) is 5.10 Å². The lowest BCUT2D eigenvalue weighted by molar-refractivity contribution is -0.117. The number of likely N-dealkylation sites (N-methyl/N-ethyl adjacent to an activating group) is 1. The first-order valence-corrected chi connectivity index (χ1v) is 9.07. The van der Waals surface area contributed by atoms with Crippen molar-refractivity contribution in [3.63, 3.8) is 0 Å². The van der Waals surface area contributed by atoms with Crippen molar-refractivity contribution in [3.05, 3.63) is 53.6 Å². The molecule has 0 unspecified atom stereocenters. The molecule has 2 amide bonds. The average molecular weight is 391 g/mol. The summed E-state index contributed by atoms with van der Waals surface area (Å²) in [6, 6.07) is 9.23. The smallest absolute Gasteiger partial charge is 0.256 e. The molecule has 0 aliphatic carbocycles. The van der Waals surface area contributed by atoms with Crippen molar-refractivity contribution >= 4 is 28.4 Å². The second kappa shape index (κ2) is 6.97. The monoisotopic (exact) mass is 391 g/mol. The third kappa shape index (κ3) is 2.98. The normalized spacial score (nSPS) is 12.9. The number of benzene rings is 2. The molecular weight excluding hydrogens is 370 g/mol. The van der Waals surface area contributed by atoms with E-state index in [2.05, 4.69) is 22.1 Å². The van der Waals surface area contributed by atoms with Crippen LogP contribution in [0.5, 0.6) is 5.75 Å². The number of nitrogens with zero attached hydrogens (tertiary/aromatic N) is 2. The predicted octanol–water partition coefficient (Wildman–Crippen LogP) is 2.08. The maximum Gasteiger partial charge on any atom is 0.256 e. The quantitative estimate of drug-likeness (QED) is 0.455. The number of H-pyrrole nitrogens is 1. The predicted molar refractivity (Wildman–Crippen MR) is 110 cm³/mol. The van der Waals surface area contributed by atoms with Gasteiger partial charge in [0.25, 0.3) is 5.91 Å². The number of nitrogens with two attached hydrogens (primary N) is 1. The zero-order chi connectivity index (χ0) is 20.7. The van der Waals surface area contributed by atoms with Gasteiger partial charge in [0.15, 0.2) is 0 Å². The fraction of sp³-hybridized carbons (Fsp3) is 0.190. The lowest BCUT2D eigenvalue weighted by Gasteiger charge is -2.16. The van der Waals surface area contributed by atoms with E-state index >= 15 is 0 Å². The summed E-state index contributed by atoms with van der Waals surface area (Å²) >= 11 is 0. The SMILES string of the molecule is C=C(CN1Cc2c(-c3n[nH]c4ccc(OC)cc34)ccc(N)c2C1=O)C(=O)NC. The summed E-state index contributed by atoms with van der Waals surface area (Å²) in [6.45, 7) is 4.22. The van der Waals surface area contributed by atoms with Crippen molar-refractivity contribution in [2.75, 3.05) is 26.4 Å². The molecule has 4 N–H and O–H groups in total. The van der Waals surface area contributed by atoms with Crippen LogP contribution < -0.4 is 15.8 Å². The summed E-state index contributed by atoms with van der Waals surface area (Å²) in [5.41, 5.74) is 10.5. The number of nitrogens with one attached hydrogen (secondary N) is 2. The fourth-order valence-corrected chi connectivity index (χ4v) is 3.66. The maximum absolute atomic E-state index is 13.0. The van der Waals surface area contributed by atoms with Crippen molar-refractivity contribution in [1.82, 2.24) is 20.4 Å². The molecule has 0 spiro atoms. The second-order valence-corrected chi connectivity index (χ2v) is 6.88. The first kappa shape index (κ1) is 18.5. The molecule has 0 atom stereocenters. The molecule has 0 saturated heterocycles. The minimum Gasteiger partial charge on any atom is -0.497 e. The summed E-state index contributed by atoms with van der Waals surface area (Å²) in [5.74, 6) is 0.195. The molecule has 1 aromatic heterocycles. The van der Waals surface area contributed by atoms with Crippen LogP contribution in [0.2, 0.25) is 0 Å². The first-order chi connectivity index (χ1) is 13.9. The van der Waals surface area contributed by atoms with Gasteiger partial charge in [-0.3, -0.25) is 14.7 Å². The lowest BCUT2D eigenvalue weighted by atomic mass is 9.97. The van der Waals surface area contributed by atoms with E-state index in [1.165, 1.54) is 7.05 Å². The topological polar surface area (TPSA) is 113 Å². The van der Waals surface area contributed by atoms with Crippen LogP contribution in [-0.2, 0) is 11.3 Å². The highest BCUT2D eigenvalue weighted by Gasteiger charge is 2.33. The van der Waals surface area contributed by atoms with Crippen LogP contribution in [0.15, 0.2) is 42.5 Å². The number of fused-ring (bicyclic) bond motifs is 2. The van der Waals surface area contributed by atoms with Gasteiger partial charge in [0.2, 0.25) is 5.91 Å². The van der Waals surface area contributed by atoms with Gasteiger partial charge in [0.05, 0.1) is 24.7 Å². The van der Waals surface area contributed by atoms with Gasteiger partial charge in [-0.05, 0) is 29.8 Å². The van der Waals surface area contributed by atoms with E-state index in [9.17, 15) is 9.59 Å². The zero-order valence-electron chi connectivity index (χ0n) is 16.2. The molecule has 0 saturated carbocycles. The number of carbonyl (C=O) groups is 2. The van der Waals surface area contributed by atoms with Gasteiger partial charge in [0, 0.05) is 35.8 Å². The zero-order valence-corrected chi connectivity index (χ0v) is 16.2. The van der Waals surface area contributed by atoms with Gasteiger partial charge >= 0.3 is 0 Å². The molecule has 2 aromatic carbocycles. The fourth-order valence-electron chi connectivity index (χ4n) is 3.66. The van der Waals surface area contributed by atoms with E-state index < -0.39 is 0 Å². The Morgan fingerprint density at radius 2 is 2.17 bits per heavy atom. The number of hydrogen-bond acceptors (Lipinski definition) is 5. The van der Waals surface area contributed by atoms with E-state index in [0.29, 0.717) is 29.1 Å². The summed E-state index contributed by atoms with van der Waals surface area (Å²) in [5, 5.41) is 10.9. The number of amides is 2. The molecule has 3 aromatic rings. The molecule has 0 radical (unpaired) electrons. The van der Waals surface area contributed by atoms with Gasteiger partial charge < -0.3 is 20.7 Å². The van der Waals surface area contributed by atoms with E-state index in [-0.39, 0.29) is 18.4 Å². The lowest BCUT2D eigenvalue weighted by Crippen LogP contribution is -2.31.